The van der Waals surface area contributed by atoms with Crippen LogP contribution in [0.3, 0.4) is 0 Å². The fourth-order valence-corrected chi connectivity index (χ4v) is 3.58. The van der Waals surface area contributed by atoms with E-state index in [1.54, 1.807) is 7.11 Å². The van der Waals surface area contributed by atoms with Gasteiger partial charge in [-0.3, -0.25) is 0 Å². The highest BCUT2D eigenvalue weighted by Crippen LogP contribution is 2.28. The van der Waals surface area contributed by atoms with Gasteiger partial charge in [0.1, 0.15) is 25.2 Å². The highest BCUT2D eigenvalue weighted by atomic mass is 16.6. The van der Waals surface area contributed by atoms with Crippen LogP contribution in [-0.2, 0) is 11.3 Å². The maximum absolute atomic E-state index is 6.09. The Bertz CT molecular complexity index is 848. The molecular weight excluding hydrogens is 386 g/mol. The number of benzene rings is 2. The molecule has 0 N–H and O–H groups in total. The molecule has 31 heavy (non-hydrogen) atoms. The molecule has 0 atom stereocenters. The van der Waals surface area contributed by atoms with Gasteiger partial charge in [0, 0.05) is 0 Å². The summed E-state index contributed by atoms with van der Waals surface area (Å²) in [7, 11) is 1.60. The van der Waals surface area contributed by atoms with E-state index in [1.165, 1.54) is 5.56 Å². The Hall–Kier alpha value is -2.75. The second kappa shape index (κ2) is 13.5. The lowest BCUT2D eigenvalue weighted by Crippen LogP contribution is -2.03. The van der Waals surface area contributed by atoms with E-state index in [4.69, 9.17) is 14.3 Å². The molecule has 0 aliphatic rings. The van der Waals surface area contributed by atoms with E-state index >= 15 is 0 Å². The molecule has 0 aliphatic heterocycles. The minimum Gasteiger partial charge on any atom is -0.493 e. The Morgan fingerprint density at radius 2 is 1.77 bits per heavy atom. The Kier molecular flexibility index (Phi) is 10.7. The van der Waals surface area contributed by atoms with E-state index < -0.39 is 0 Å². The van der Waals surface area contributed by atoms with E-state index in [9.17, 15) is 0 Å². The zero-order valence-corrected chi connectivity index (χ0v) is 19.7. The summed E-state index contributed by atoms with van der Waals surface area (Å²) in [5, 5.41) is 4.13. The van der Waals surface area contributed by atoms with Crippen molar-refractivity contribution in [3.8, 4) is 11.5 Å². The maximum atomic E-state index is 6.09. The molecule has 0 aliphatic carbocycles. The van der Waals surface area contributed by atoms with Crippen LogP contribution in [0.4, 0.5) is 0 Å². The number of hydrogen-bond acceptors (Lipinski definition) is 4. The van der Waals surface area contributed by atoms with Gasteiger partial charge < -0.3 is 14.3 Å². The minimum atomic E-state index is 0.595. The first kappa shape index (κ1) is 24.5. The first-order valence-electron chi connectivity index (χ1n) is 11.3. The molecule has 168 valence electrons. The van der Waals surface area contributed by atoms with E-state index in [-0.39, 0.29) is 0 Å². The Morgan fingerprint density at radius 3 is 2.45 bits per heavy atom. The van der Waals surface area contributed by atoms with Crippen molar-refractivity contribution in [3.05, 3.63) is 70.8 Å². The molecule has 0 heterocycles. The van der Waals surface area contributed by atoms with Crippen LogP contribution in [0.5, 0.6) is 11.5 Å². The molecule has 0 saturated heterocycles. The largest absolute Gasteiger partial charge is 0.493 e. The summed E-state index contributed by atoms with van der Waals surface area (Å²) in [6.07, 6.45) is 9.24. The molecule has 2 rings (SSSR count). The number of oxime groups is 1. The molecule has 0 unspecified atom stereocenters. The number of unbranched alkanes of at least 4 members (excludes halogenated alkanes) is 2. The predicted octanol–water partition coefficient (Wildman–Crippen LogP) is 6.81. The number of hydrogen-bond donors (Lipinski definition) is 0. The fraction of sp³-hybridized carbons (Fsp3) is 0.444. The third kappa shape index (κ3) is 8.12. The fourth-order valence-electron chi connectivity index (χ4n) is 3.58. The molecule has 0 fully saturated rings. The number of nitrogens with zero attached hydrogens (tertiary/aromatic N) is 1. The van der Waals surface area contributed by atoms with Gasteiger partial charge in [-0.1, -0.05) is 42.4 Å². The van der Waals surface area contributed by atoms with Gasteiger partial charge in [0.25, 0.3) is 0 Å². The number of aryl methyl sites for hydroxylation is 3. The van der Waals surface area contributed by atoms with Crippen LogP contribution < -0.4 is 9.47 Å². The molecule has 0 aromatic heterocycles. The van der Waals surface area contributed by atoms with E-state index in [0.29, 0.717) is 6.61 Å². The molecule has 0 amide bonds. The van der Waals surface area contributed by atoms with Crippen LogP contribution in [0.25, 0.3) is 0 Å². The van der Waals surface area contributed by atoms with E-state index in [0.717, 1.165) is 72.6 Å². The van der Waals surface area contributed by atoms with Gasteiger partial charge in [0.15, 0.2) is 0 Å². The summed E-state index contributed by atoms with van der Waals surface area (Å²) in [6.45, 7) is 9.58. The van der Waals surface area contributed by atoms with Gasteiger partial charge >= 0.3 is 0 Å². The lowest BCUT2D eigenvalue weighted by Gasteiger charge is -2.14. The quantitative estimate of drug-likeness (QED) is 0.154. The smallest absolute Gasteiger partial charge is 0.125 e. The zero-order chi connectivity index (χ0) is 22.5. The van der Waals surface area contributed by atoms with Crippen LogP contribution >= 0.6 is 0 Å². The predicted molar refractivity (Wildman–Crippen MR) is 130 cm³/mol. The summed E-state index contributed by atoms with van der Waals surface area (Å²) in [4.78, 5) is 4.96. The average Bonchev–Trinajstić information content (AvgIpc) is 2.76. The van der Waals surface area contributed by atoms with Crippen LogP contribution in [0.15, 0.2) is 53.7 Å². The van der Waals surface area contributed by atoms with Crippen molar-refractivity contribution in [2.45, 2.75) is 59.8 Å². The third-order valence-electron chi connectivity index (χ3n) is 5.17. The molecule has 0 radical (unpaired) electrons. The van der Waals surface area contributed by atoms with Crippen molar-refractivity contribution in [3.63, 3.8) is 0 Å². The first-order valence-corrected chi connectivity index (χ1v) is 11.3. The van der Waals surface area contributed by atoms with Crippen molar-refractivity contribution < 1.29 is 14.3 Å². The first-order chi connectivity index (χ1) is 15.1. The van der Waals surface area contributed by atoms with Crippen LogP contribution in [0, 0.1) is 13.8 Å². The summed E-state index contributed by atoms with van der Waals surface area (Å²) < 4.78 is 11.8. The molecule has 4 nitrogen and oxygen atoms in total. The Morgan fingerprint density at radius 1 is 1.00 bits per heavy atom. The van der Waals surface area contributed by atoms with E-state index in [1.807, 2.05) is 19.1 Å². The Labute approximate surface area is 187 Å². The lowest BCUT2D eigenvalue weighted by atomic mass is 10.0. The SMILES string of the molecule is C/C=C/COc1cc(C)c(OCCCCCc2cccc(C(CC)=NOC)c2)c(C)c1. The molecule has 2 aromatic carbocycles. The summed E-state index contributed by atoms with van der Waals surface area (Å²) >= 11 is 0. The van der Waals surface area contributed by atoms with Gasteiger partial charge in [-0.05, 0) is 93.3 Å². The monoisotopic (exact) mass is 423 g/mol. The van der Waals surface area contributed by atoms with Crippen molar-refractivity contribution in [1.29, 1.82) is 0 Å². The van der Waals surface area contributed by atoms with Gasteiger partial charge in [-0.2, -0.15) is 0 Å². The van der Waals surface area contributed by atoms with Crippen LogP contribution in [-0.4, -0.2) is 26.0 Å². The summed E-state index contributed by atoms with van der Waals surface area (Å²) in [5.41, 5.74) is 5.72. The number of ether oxygens (including phenoxy) is 2. The summed E-state index contributed by atoms with van der Waals surface area (Å²) in [5.74, 6) is 1.88. The normalized spacial score (nSPS) is 11.7. The van der Waals surface area contributed by atoms with Crippen LogP contribution in [0.1, 0.15) is 61.8 Å². The molecule has 0 spiro atoms. The zero-order valence-electron chi connectivity index (χ0n) is 19.7. The van der Waals surface area contributed by atoms with Gasteiger partial charge in [-0.25, -0.2) is 0 Å². The molecule has 4 heteroatoms. The number of allylic oxidation sites excluding steroid dienone is 1. The van der Waals surface area contributed by atoms with Crippen molar-refractivity contribution in [1.82, 2.24) is 0 Å². The number of rotatable bonds is 13. The van der Waals surface area contributed by atoms with Crippen molar-refractivity contribution >= 4 is 5.71 Å². The minimum absolute atomic E-state index is 0.595. The second-order valence-corrected chi connectivity index (χ2v) is 7.70. The molecule has 0 saturated carbocycles. The standard InChI is InChI=1S/C27H37NO3/c1-6-8-16-30-25-18-21(3)27(22(4)19-25)31-17-11-9-10-13-23-14-12-15-24(20-23)26(7-2)28-29-5/h6,8,12,14-15,18-20H,7,9-11,13,16-17H2,1-5H3/b8-6+,28-26?. The molecular formula is C27H37NO3. The summed E-state index contributed by atoms with van der Waals surface area (Å²) in [6, 6.07) is 12.7. The molecule has 2 aromatic rings. The van der Waals surface area contributed by atoms with Crippen molar-refractivity contribution in [2.24, 2.45) is 5.16 Å². The highest BCUT2D eigenvalue weighted by molar-refractivity contribution is 6.00. The van der Waals surface area contributed by atoms with Gasteiger partial charge in [-0.15, -0.1) is 0 Å². The van der Waals surface area contributed by atoms with Gasteiger partial charge in [0.2, 0.25) is 0 Å². The highest BCUT2D eigenvalue weighted by Gasteiger charge is 2.08. The topological polar surface area (TPSA) is 40.0 Å². The molecule has 0 bridgehead atoms. The Balaban J connectivity index is 1.77. The average molecular weight is 424 g/mol. The van der Waals surface area contributed by atoms with Crippen LogP contribution in [0.2, 0.25) is 0 Å². The van der Waals surface area contributed by atoms with E-state index in [2.05, 4.69) is 62.3 Å². The van der Waals surface area contributed by atoms with Gasteiger partial charge in [0.05, 0.1) is 12.3 Å². The van der Waals surface area contributed by atoms with Crippen molar-refractivity contribution in [2.75, 3.05) is 20.3 Å². The third-order valence-corrected chi connectivity index (χ3v) is 5.17. The maximum Gasteiger partial charge on any atom is 0.125 e. The second-order valence-electron chi connectivity index (χ2n) is 7.70. The lowest BCUT2D eigenvalue weighted by molar-refractivity contribution is 0.213.